The van der Waals surface area contributed by atoms with Gasteiger partial charge in [-0.25, -0.2) is 4.79 Å². The van der Waals surface area contributed by atoms with Gasteiger partial charge in [0, 0.05) is 11.1 Å². The number of para-hydroxylation sites is 1. The van der Waals surface area contributed by atoms with E-state index in [2.05, 4.69) is 9.89 Å². The smallest absolute Gasteiger partial charge is 0.438 e. The number of oxime groups is 1. The molecule has 0 N–H and O–H groups in total. The Hall–Kier alpha value is -3.19. The first-order chi connectivity index (χ1) is 12.6. The molecule has 2 aromatic rings. The summed E-state index contributed by atoms with van der Waals surface area (Å²) in [6.45, 7) is 1.63. The lowest BCUT2D eigenvalue weighted by Crippen LogP contribution is -2.30. The molecule has 0 aliphatic carbocycles. The average molecular weight is 356 g/mol. The van der Waals surface area contributed by atoms with Crippen molar-refractivity contribution in [3.8, 4) is 0 Å². The van der Waals surface area contributed by atoms with Crippen molar-refractivity contribution in [1.82, 2.24) is 0 Å². The van der Waals surface area contributed by atoms with Crippen molar-refractivity contribution in [3.63, 3.8) is 0 Å². The van der Waals surface area contributed by atoms with Crippen molar-refractivity contribution in [2.24, 2.45) is 5.16 Å². The molecule has 136 valence electrons. The number of methoxy groups -OCH3 is 1. The zero-order valence-corrected chi connectivity index (χ0v) is 14.8. The lowest BCUT2D eigenvalue weighted by atomic mass is 10.1. The number of nitrogens with zero attached hydrogens (tertiary/aromatic N) is 2. The number of hydroxylamine groups is 1. The van der Waals surface area contributed by atoms with E-state index < -0.39 is 6.09 Å². The molecule has 0 saturated heterocycles. The van der Waals surface area contributed by atoms with E-state index in [1.165, 1.54) is 14.2 Å². The first-order valence-electron chi connectivity index (χ1n) is 7.85. The minimum Gasteiger partial charge on any atom is -0.451 e. The summed E-state index contributed by atoms with van der Waals surface area (Å²) in [5, 5.41) is 4.88. The molecule has 0 heterocycles. The minimum atomic E-state index is -0.668. The van der Waals surface area contributed by atoms with Gasteiger partial charge in [-0.2, -0.15) is 5.06 Å². The van der Waals surface area contributed by atoms with E-state index in [-0.39, 0.29) is 18.1 Å². The van der Waals surface area contributed by atoms with Crippen molar-refractivity contribution in [3.05, 3.63) is 65.7 Å². The molecular formula is C19H20N2O5. The van der Waals surface area contributed by atoms with Crippen molar-refractivity contribution >= 4 is 23.3 Å². The molecule has 0 aliphatic rings. The largest absolute Gasteiger partial charge is 0.451 e. The van der Waals surface area contributed by atoms with Crippen molar-refractivity contribution in [1.29, 1.82) is 0 Å². The van der Waals surface area contributed by atoms with Crippen molar-refractivity contribution < 1.29 is 24.0 Å². The number of carbonyl (C=O) groups excluding carboxylic acids is 2. The Labute approximate surface area is 151 Å². The van der Waals surface area contributed by atoms with E-state index >= 15 is 0 Å². The van der Waals surface area contributed by atoms with Crippen LogP contribution in [0.15, 0.2) is 59.8 Å². The number of hydrogen-bond donors (Lipinski definition) is 0. The molecule has 26 heavy (non-hydrogen) atoms. The molecule has 1 amide bonds. The van der Waals surface area contributed by atoms with Gasteiger partial charge in [0.05, 0.1) is 19.9 Å². The van der Waals surface area contributed by atoms with Gasteiger partial charge in [-0.05, 0) is 13.0 Å². The van der Waals surface area contributed by atoms with E-state index in [4.69, 9.17) is 9.68 Å². The summed E-state index contributed by atoms with van der Waals surface area (Å²) in [7, 11) is 2.62. The molecule has 0 spiro atoms. The summed E-state index contributed by atoms with van der Waals surface area (Å²) in [6.07, 6.45) is -0.668. The highest BCUT2D eigenvalue weighted by molar-refractivity contribution is 6.45. The lowest BCUT2D eigenvalue weighted by molar-refractivity contribution is 0.103. The van der Waals surface area contributed by atoms with Gasteiger partial charge in [0.25, 0.3) is 0 Å². The first kappa shape index (κ1) is 19.1. The summed E-state index contributed by atoms with van der Waals surface area (Å²) < 4.78 is 4.68. The van der Waals surface area contributed by atoms with Gasteiger partial charge >= 0.3 is 6.09 Å². The van der Waals surface area contributed by atoms with Gasteiger partial charge < -0.3 is 9.57 Å². The van der Waals surface area contributed by atoms with Crippen LogP contribution >= 0.6 is 0 Å². The second kappa shape index (κ2) is 9.33. The third-order valence-electron chi connectivity index (χ3n) is 3.52. The van der Waals surface area contributed by atoms with Crippen LogP contribution in [0.25, 0.3) is 0 Å². The van der Waals surface area contributed by atoms with Crippen LogP contribution in [0.5, 0.6) is 0 Å². The number of hydrogen-bond acceptors (Lipinski definition) is 6. The fraction of sp³-hybridized carbons (Fsp3) is 0.211. The quantitative estimate of drug-likeness (QED) is 0.430. The normalized spacial score (nSPS) is 11.0. The Bertz CT molecular complexity index is 790. The number of amides is 1. The van der Waals surface area contributed by atoms with Gasteiger partial charge in [0.1, 0.15) is 12.3 Å². The van der Waals surface area contributed by atoms with Crippen LogP contribution in [0.3, 0.4) is 0 Å². The SMILES string of the molecule is COC(=O)N(OC)c1ccccc1CO/N=C(\C)C(=O)c1ccccc1. The fourth-order valence-electron chi connectivity index (χ4n) is 2.22. The molecule has 0 aliphatic heterocycles. The molecule has 2 rings (SSSR count). The Morgan fingerprint density at radius 1 is 1.00 bits per heavy atom. The van der Waals surface area contributed by atoms with E-state index in [1.807, 2.05) is 6.07 Å². The molecule has 0 radical (unpaired) electrons. The van der Waals surface area contributed by atoms with Gasteiger partial charge in [-0.3, -0.25) is 9.63 Å². The molecule has 0 bridgehead atoms. The van der Waals surface area contributed by atoms with Crippen molar-refractivity contribution in [2.45, 2.75) is 13.5 Å². The molecule has 2 aromatic carbocycles. The topological polar surface area (TPSA) is 77.4 Å². The fourth-order valence-corrected chi connectivity index (χ4v) is 2.22. The van der Waals surface area contributed by atoms with Crippen LogP contribution < -0.4 is 5.06 Å². The number of rotatable bonds is 7. The highest BCUT2D eigenvalue weighted by atomic mass is 16.7. The van der Waals surface area contributed by atoms with E-state index in [0.717, 1.165) is 5.06 Å². The molecule has 7 heteroatoms. The monoisotopic (exact) mass is 356 g/mol. The van der Waals surface area contributed by atoms with Crippen LogP contribution in [-0.4, -0.2) is 31.8 Å². The van der Waals surface area contributed by atoms with E-state index in [0.29, 0.717) is 16.8 Å². The summed E-state index contributed by atoms with van der Waals surface area (Å²) >= 11 is 0. The molecule has 0 aromatic heterocycles. The molecule has 0 unspecified atom stereocenters. The number of carbonyl (C=O) groups is 2. The van der Waals surface area contributed by atoms with Gasteiger partial charge in [-0.15, -0.1) is 0 Å². The first-order valence-corrected chi connectivity index (χ1v) is 7.85. The number of ketones is 1. The highest BCUT2D eigenvalue weighted by Crippen LogP contribution is 2.22. The Balaban J connectivity index is 2.10. The van der Waals surface area contributed by atoms with Crippen molar-refractivity contribution in [2.75, 3.05) is 19.3 Å². The van der Waals surface area contributed by atoms with Gasteiger partial charge in [-0.1, -0.05) is 53.7 Å². The predicted molar refractivity (Wildman–Crippen MR) is 97.0 cm³/mol. The van der Waals surface area contributed by atoms with E-state index in [1.54, 1.807) is 55.5 Å². The van der Waals surface area contributed by atoms with Gasteiger partial charge in [0.15, 0.2) is 0 Å². The number of Topliss-reactive ketones (excluding diaryl/α,β-unsaturated/α-hetero) is 1. The van der Waals surface area contributed by atoms with Crippen LogP contribution in [0.2, 0.25) is 0 Å². The Morgan fingerprint density at radius 3 is 2.31 bits per heavy atom. The zero-order valence-electron chi connectivity index (χ0n) is 14.8. The molecule has 0 fully saturated rings. The minimum absolute atomic E-state index is 0.0481. The lowest BCUT2D eigenvalue weighted by Gasteiger charge is -2.20. The Morgan fingerprint density at radius 2 is 1.65 bits per heavy atom. The molecule has 0 atom stereocenters. The molecule has 7 nitrogen and oxygen atoms in total. The summed E-state index contributed by atoms with van der Waals surface area (Å²) in [4.78, 5) is 34.4. The predicted octanol–water partition coefficient (Wildman–Crippen LogP) is 3.60. The van der Waals surface area contributed by atoms with Crippen LogP contribution in [0.4, 0.5) is 10.5 Å². The molecular weight excluding hydrogens is 336 g/mol. The maximum atomic E-state index is 12.2. The second-order valence-electron chi connectivity index (χ2n) is 5.22. The zero-order chi connectivity index (χ0) is 18.9. The Kier molecular flexibility index (Phi) is 6.87. The van der Waals surface area contributed by atoms with E-state index in [9.17, 15) is 9.59 Å². The summed E-state index contributed by atoms with van der Waals surface area (Å²) in [6, 6.07) is 15.8. The third-order valence-corrected chi connectivity index (χ3v) is 3.52. The van der Waals surface area contributed by atoms with Crippen LogP contribution in [-0.2, 0) is 21.0 Å². The molecule has 0 saturated carbocycles. The number of ether oxygens (including phenoxy) is 1. The number of anilines is 1. The highest BCUT2D eigenvalue weighted by Gasteiger charge is 2.19. The number of benzene rings is 2. The maximum Gasteiger partial charge on any atom is 0.438 e. The third kappa shape index (κ3) is 4.67. The van der Waals surface area contributed by atoms with Gasteiger partial charge in [0.2, 0.25) is 5.78 Å². The van der Waals surface area contributed by atoms with Crippen LogP contribution in [0.1, 0.15) is 22.8 Å². The second-order valence-corrected chi connectivity index (χ2v) is 5.22. The standard InChI is InChI=1S/C19H20N2O5/c1-14(18(22)15-9-5-4-6-10-15)20-26-13-16-11-7-8-12-17(16)21(25-3)19(23)24-2/h4-12H,13H2,1-3H3/b20-14+. The average Bonchev–Trinajstić information content (AvgIpc) is 2.69. The summed E-state index contributed by atoms with van der Waals surface area (Å²) in [5.74, 6) is -0.216. The maximum absolute atomic E-state index is 12.2. The summed E-state index contributed by atoms with van der Waals surface area (Å²) in [5.41, 5.74) is 1.87. The van der Waals surface area contributed by atoms with Crippen LogP contribution in [0, 0.1) is 0 Å².